The van der Waals surface area contributed by atoms with Gasteiger partial charge in [0.25, 0.3) is 0 Å². The number of rotatable bonds is 1. The quantitative estimate of drug-likeness (QED) is 0.798. The highest BCUT2D eigenvalue weighted by Crippen LogP contribution is 2.34. The average Bonchev–Trinajstić information content (AvgIpc) is 2.73. The number of H-pyrrole nitrogens is 1. The van der Waals surface area contributed by atoms with Gasteiger partial charge < -0.3 is 9.40 Å². The molecule has 19 heavy (non-hydrogen) atoms. The van der Waals surface area contributed by atoms with Gasteiger partial charge in [0.1, 0.15) is 16.5 Å². The van der Waals surface area contributed by atoms with Crippen molar-refractivity contribution < 1.29 is 17.6 Å². The molecule has 2 rings (SSSR count). The third kappa shape index (κ3) is 2.53. The van der Waals surface area contributed by atoms with Crippen molar-refractivity contribution in [3.8, 4) is 17.5 Å². The van der Waals surface area contributed by atoms with Crippen LogP contribution in [0.5, 0.6) is 0 Å². The molecule has 0 unspecified atom stereocenters. The number of nitrogens with zero attached hydrogens (tertiary/aromatic N) is 1. The molecule has 2 heterocycles. The first kappa shape index (κ1) is 13.4. The molecule has 0 fully saturated rings. The van der Waals surface area contributed by atoms with E-state index in [1.165, 1.54) is 12.1 Å². The van der Waals surface area contributed by atoms with E-state index < -0.39 is 17.3 Å². The minimum atomic E-state index is -4.65. The van der Waals surface area contributed by atoms with Gasteiger partial charge >= 0.3 is 6.18 Å². The zero-order valence-corrected chi connectivity index (χ0v) is 10.4. The second-order valence-corrected chi connectivity index (χ2v) is 4.23. The summed E-state index contributed by atoms with van der Waals surface area (Å²) < 4.78 is 43.6. The molecular weight excluding hydrogens is 277 g/mol. The Morgan fingerprint density at radius 2 is 2.05 bits per heavy atom. The van der Waals surface area contributed by atoms with E-state index in [-0.39, 0.29) is 16.1 Å². The predicted molar refractivity (Wildman–Crippen MR) is 63.8 cm³/mol. The van der Waals surface area contributed by atoms with Crippen molar-refractivity contribution in [2.75, 3.05) is 0 Å². The molecular formula is C12H7F3N2OS. The first-order valence-corrected chi connectivity index (χ1v) is 5.55. The molecule has 0 aliphatic rings. The number of nitriles is 1. The van der Waals surface area contributed by atoms with Gasteiger partial charge in [-0.3, -0.25) is 0 Å². The van der Waals surface area contributed by atoms with Gasteiger partial charge in [0.05, 0.1) is 16.8 Å². The fourth-order valence-electron chi connectivity index (χ4n) is 1.61. The maximum Gasteiger partial charge on any atom is 0.417 e. The van der Waals surface area contributed by atoms with Crippen LogP contribution in [0.3, 0.4) is 0 Å². The van der Waals surface area contributed by atoms with E-state index in [9.17, 15) is 13.2 Å². The van der Waals surface area contributed by atoms with Crippen LogP contribution >= 0.6 is 12.2 Å². The highest BCUT2D eigenvalue weighted by atomic mass is 32.1. The number of halogens is 3. The number of nitrogens with one attached hydrogen (secondary N) is 1. The van der Waals surface area contributed by atoms with Gasteiger partial charge in [0.2, 0.25) is 0 Å². The fourth-order valence-corrected chi connectivity index (χ4v) is 1.87. The highest BCUT2D eigenvalue weighted by molar-refractivity contribution is 7.71. The number of aryl methyl sites for hydroxylation is 1. The Morgan fingerprint density at radius 3 is 2.53 bits per heavy atom. The number of hydrogen-bond donors (Lipinski definition) is 1. The van der Waals surface area contributed by atoms with Crippen molar-refractivity contribution in [1.29, 1.82) is 5.26 Å². The van der Waals surface area contributed by atoms with Crippen LogP contribution in [-0.2, 0) is 6.18 Å². The van der Waals surface area contributed by atoms with E-state index >= 15 is 0 Å². The summed E-state index contributed by atoms with van der Waals surface area (Å²) in [6, 6.07) is 5.45. The van der Waals surface area contributed by atoms with Crippen molar-refractivity contribution in [3.05, 3.63) is 39.7 Å². The monoisotopic (exact) mass is 284 g/mol. The summed E-state index contributed by atoms with van der Waals surface area (Å²) in [7, 11) is 0. The summed E-state index contributed by atoms with van der Waals surface area (Å²) in [5.74, 6) is 0.797. The Hall–Kier alpha value is -2.07. The molecule has 0 aliphatic carbocycles. The largest absolute Gasteiger partial charge is 0.460 e. The Kier molecular flexibility index (Phi) is 3.20. The molecule has 7 heteroatoms. The number of aromatic amines is 1. The summed E-state index contributed by atoms with van der Waals surface area (Å²) in [6.07, 6.45) is -4.65. The molecule has 0 aliphatic heterocycles. The minimum absolute atomic E-state index is 0.0874. The molecule has 2 aromatic heterocycles. The SMILES string of the molecule is Cc1ccc(-c2cc(C(F)(F)F)c(C#N)c(=S)[nH]2)o1. The third-order valence-corrected chi connectivity index (χ3v) is 2.76. The molecule has 2 aromatic rings. The molecule has 0 bridgehead atoms. The smallest absolute Gasteiger partial charge is 0.417 e. The van der Waals surface area contributed by atoms with Gasteiger partial charge in [0, 0.05) is 0 Å². The van der Waals surface area contributed by atoms with Crippen LogP contribution in [0.1, 0.15) is 16.9 Å². The first-order valence-electron chi connectivity index (χ1n) is 5.14. The van der Waals surface area contributed by atoms with Gasteiger partial charge in [-0.1, -0.05) is 12.2 Å². The fraction of sp³-hybridized carbons (Fsp3) is 0.167. The third-order valence-electron chi connectivity index (χ3n) is 2.46. The number of aromatic nitrogens is 1. The maximum absolute atomic E-state index is 12.9. The maximum atomic E-state index is 12.9. The molecule has 0 saturated carbocycles. The zero-order chi connectivity index (χ0) is 14.2. The molecule has 0 spiro atoms. The van der Waals surface area contributed by atoms with Crippen LogP contribution in [0.2, 0.25) is 0 Å². The number of furan rings is 1. The van der Waals surface area contributed by atoms with Crippen molar-refractivity contribution in [3.63, 3.8) is 0 Å². The normalized spacial score (nSPS) is 11.3. The van der Waals surface area contributed by atoms with E-state index in [0.717, 1.165) is 6.07 Å². The van der Waals surface area contributed by atoms with Gasteiger partial charge in [0.15, 0.2) is 5.76 Å². The molecule has 0 atom stereocenters. The lowest BCUT2D eigenvalue weighted by atomic mass is 10.1. The average molecular weight is 284 g/mol. The Morgan fingerprint density at radius 1 is 1.37 bits per heavy atom. The predicted octanol–water partition coefficient (Wildman–Crippen LogP) is 4.20. The summed E-state index contributed by atoms with van der Waals surface area (Å²) in [5, 5.41) is 8.77. The van der Waals surface area contributed by atoms with Crippen molar-refractivity contribution in [2.24, 2.45) is 0 Å². The summed E-state index contributed by atoms with van der Waals surface area (Å²) in [5.41, 5.74) is -1.57. The lowest BCUT2D eigenvalue weighted by Crippen LogP contribution is -2.09. The molecule has 0 saturated heterocycles. The van der Waals surface area contributed by atoms with Crippen LogP contribution in [0.25, 0.3) is 11.5 Å². The molecule has 1 N–H and O–H groups in total. The van der Waals surface area contributed by atoms with Crippen LogP contribution in [-0.4, -0.2) is 4.98 Å². The van der Waals surface area contributed by atoms with Crippen molar-refractivity contribution >= 4 is 12.2 Å². The van der Waals surface area contributed by atoms with E-state index in [2.05, 4.69) is 4.98 Å². The van der Waals surface area contributed by atoms with Crippen LogP contribution in [0, 0.1) is 22.9 Å². The summed E-state index contributed by atoms with van der Waals surface area (Å²) >= 11 is 4.78. The van der Waals surface area contributed by atoms with E-state index in [4.69, 9.17) is 21.9 Å². The van der Waals surface area contributed by atoms with Crippen molar-refractivity contribution in [2.45, 2.75) is 13.1 Å². The van der Waals surface area contributed by atoms with E-state index in [0.29, 0.717) is 5.76 Å². The van der Waals surface area contributed by atoms with Gasteiger partial charge in [-0.05, 0) is 25.1 Å². The number of pyridine rings is 1. The standard InChI is InChI=1S/C12H7F3N2OS/c1-6-2-3-10(18-6)9-4-8(12(13,14)15)7(5-16)11(19)17-9/h2-4H,1H3,(H,17,19). The topological polar surface area (TPSA) is 52.7 Å². The lowest BCUT2D eigenvalue weighted by molar-refractivity contribution is -0.137. The Labute approximate surface area is 111 Å². The van der Waals surface area contributed by atoms with Gasteiger partial charge in [-0.2, -0.15) is 18.4 Å². The Balaban J connectivity index is 2.71. The van der Waals surface area contributed by atoms with E-state index in [1.54, 1.807) is 13.0 Å². The van der Waals surface area contributed by atoms with Gasteiger partial charge in [-0.25, -0.2) is 0 Å². The lowest BCUT2D eigenvalue weighted by Gasteiger charge is -2.10. The van der Waals surface area contributed by atoms with Crippen molar-refractivity contribution in [1.82, 2.24) is 4.98 Å². The second kappa shape index (κ2) is 4.55. The van der Waals surface area contributed by atoms with Crippen LogP contribution in [0.15, 0.2) is 22.6 Å². The molecule has 0 amide bonds. The number of hydrogen-bond acceptors (Lipinski definition) is 3. The summed E-state index contributed by atoms with van der Waals surface area (Å²) in [6.45, 7) is 1.67. The second-order valence-electron chi connectivity index (χ2n) is 3.82. The molecule has 3 nitrogen and oxygen atoms in total. The van der Waals surface area contributed by atoms with E-state index in [1.807, 2.05) is 0 Å². The van der Waals surface area contributed by atoms with Crippen LogP contribution in [0.4, 0.5) is 13.2 Å². The van der Waals surface area contributed by atoms with Gasteiger partial charge in [-0.15, -0.1) is 0 Å². The molecule has 98 valence electrons. The molecule has 0 radical (unpaired) electrons. The Bertz CT molecular complexity index is 722. The zero-order valence-electron chi connectivity index (χ0n) is 9.63. The summed E-state index contributed by atoms with van der Waals surface area (Å²) in [4.78, 5) is 2.57. The number of alkyl halides is 3. The van der Waals surface area contributed by atoms with Crippen LogP contribution < -0.4 is 0 Å². The molecule has 0 aromatic carbocycles. The highest BCUT2D eigenvalue weighted by Gasteiger charge is 2.35. The minimum Gasteiger partial charge on any atom is -0.460 e. The first-order chi connectivity index (χ1) is 8.82.